The van der Waals surface area contributed by atoms with Gasteiger partial charge in [-0.25, -0.2) is 4.79 Å². The van der Waals surface area contributed by atoms with Gasteiger partial charge in [-0.15, -0.1) is 0 Å². The summed E-state index contributed by atoms with van der Waals surface area (Å²) in [5, 5.41) is 9.33. The lowest BCUT2D eigenvalue weighted by Gasteiger charge is -2.06. The van der Waals surface area contributed by atoms with Crippen molar-refractivity contribution in [2.45, 2.75) is 19.8 Å². The lowest BCUT2D eigenvalue weighted by Crippen LogP contribution is -2.07. The predicted molar refractivity (Wildman–Crippen MR) is 98.9 cm³/mol. The molecule has 0 heterocycles. The van der Waals surface area contributed by atoms with Gasteiger partial charge in [0.1, 0.15) is 11.5 Å². The Labute approximate surface area is 148 Å². The minimum Gasteiger partial charge on any atom is -0.508 e. The van der Waals surface area contributed by atoms with E-state index in [4.69, 9.17) is 9.47 Å². The minimum absolute atomic E-state index is 0.202. The van der Waals surface area contributed by atoms with E-state index in [1.807, 2.05) is 37.3 Å². The molecule has 0 radical (unpaired) electrons. The number of hydrogen-bond donors (Lipinski definition) is 1. The molecule has 0 saturated heterocycles. The third-order valence-electron chi connectivity index (χ3n) is 3.36. The Morgan fingerprint density at radius 3 is 2.44 bits per heavy atom. The molecule has 0 atom stereocenters. The predicted octanol–water partition coefficient (Wildman–Crippen LogP) is 5.40. The maximum Gasteiger partial charge on any atom is 0.513 e. The Morgan fingerprint density at radius 1 is 1.04 bits per heavy atom. The fourth-order valence-corrected chi connectivity index (χ4v) is 2.01. The topological polar surface area (TPSA) is 55.8 Å². The number of rotatable bonds is 7. The van der Waals surface area contributed by atoms with Crippen LogP contribution in [0.2, 0.25) is 0 Å². The third kappa shape index (κ3) is 6.96. The van der Waals surface area contributed by atoms with Crippen LogP contribution in [0.1, 0.15) is 30.9 Å². The molecular formula is C21H22O4. The first-order valence-electron chi connectivity index (χ1n) is 8.26. The monoisotopic (exact) mass is 338 g/mol. The summed E-state index contributed by atoms with van der Waals surface area (Å²) >= 11 is 0. The molecule has 25 heavy (non-hydrogen) atoms. The van der Waals surface area contributed by atoms with Crippen LogP contribution in [0, 0.1) is 0 Å². The zero-order chi connectivity index (χ0) is 17.9. The first kappa shape index (κ1) is 18.3. The summed E-state index contributed by atoms with van der Waals surface area (Å²) in [6.45, 7) is 2.37. The van der Waals surface area contributed by atoms with Gasteiger partial charge in [0.15, 0.2) is 0 Å². The Hall–Kier alpha value is -3.01. The second-order valence-corrected chi connectivity index (χ2v) is 5.44. The molecule has 2 aromatic carbocycles. The Kier molecular flexibility index (Phi) is 7.32. The van der Waals surface area contributed by atoms with Crippen LogP contribution in [0.3, 0.4) is 0 Å². The van der Waals surface area contributed by atoms with Gasteiger partial charge < -0.3 is 14.6 Å². The van der Waals surface area contributed by atoms with Crippen LogP contribution in [0.15, 0.2) is 66.4 Å². The van der Waals surface area contributed by atoms with E-state index in [-0.39, 0.29) is 5.75 Å². The molecule has 1 N–H and O–H groups in total. The van der Waals surface area contributed by atoms with Crippen LogP contribution in [0.5, 0.6) is 5.75 Å². The van der Waals surface area contributed by atoms with Gasteiger partial charge in [0, 0.05) is 0 Å². The van der Waals surface area contributed by atoms with Gasteiger partial charge in [-0.3, -0.25) is 0 Å². The smallest absolute Gasteiger partial charge is 0.508 e. The Bertz CT molecular complexity index is 715. The van der Waals surface area contributed by atoms with Gasteiger partial charge in [0.25, 0.3) is 0 Å². The van der Waals surface area contributed by atoms with Crippen LogP contribution >= 0.6 is 0 Å². The van der Waals surface area contributed by atoms with Crippen molar-refractivity contribution in [3.8, 4) is 5.75 Å². The first-order valence-corrected chi connectivity index (χ1v) is 8.26. The van der Waals surface area contributed by atoms with Crippen molar-refractivity contribution in [3.05, 3.63) is 77.6 Å². The van der Waals surface area contributed by atoms with Crippen molar-refractivity contribution < 1.29 is 19.4 Å². The summed E-state index contributed by atoms with van der Waals surface area (Å²) in [4.78, 5) is 11.8. The van der Waals surface area contributed by atoms with E-state index in [0.717, 1.165) is 24.0 Å². The average Bonchev–Trinajstić information content (AvgIpc) is 2.62. The van der Waals surface area contributed by atoms with E-state index in [1.165, 1.54) is 0 Å². The molecule has 0 aliphatic rings. The van der Waals surface area contributed by atoms with E-state index < -0.39 is 6.16 Å². The number of benzene rings is 2. The average molecular weight is 338 g/mol. The summed E-state index contributed by atoms with van der Waals surface area (Å²) < 4.78 is 10.4. The molecule has 0 saturated carbocycles. The summed E-state index contributed by atoms with van der Waals surface area (Å²) in [6, 6.07) is 16.3. The SMILES string of the molecule is CCCCOC(=O)OC(C=Cc1ccc(O)cc1)=Cc1ccccc1. The van der Waals surface area contributed by atoms with Crippen LogP contribution in [0.25, 0.3) is 12.2 Å². The number of ether oxygens (including phenoxy) is 2. The highest BCUT2D eigenvalue weighted by Crippen LogP contribution is 2.15. The van der Waals surface area contributed by atoms with Crippen LogP contribution < -0.4 is 0 Å². The normalized spacial score (nSPS) is 11.5. The molecular weight excluding hydrogens is 316 g/mol. The highest BCUT2D eigenvalue weighted by atomic mass is 16.7. The van der Waals surface area contributed by atoms with Crippen LogP contribution in [-0.4, -0.2) is 17.9 Å². The van der Waals surface area contributed by atoms with Gasteiger partial charge in [-0.1, -0.05) is 61.9 Å². The molecule has 0 amide bonds. The van der Waals surface area contributed by atoms with Gasteiger partial charge in [0.05, 0.1) is 6.61 Å². The standard InChI is InChI=1S/C21H22O4/c1-2-3-15-24-21(23)25-20(16-18-7-5-4-6-8-18)14-11-17-9-12-19(22)13-10-17/h4-14,16,22H,2-3,15H2,1H3. The Morgan fingerprint density at radius 2 is 1.76 bits per heavy atom. The van der Waals surface area contributed by atoms with E-state index >= 15 is 0 Å². The second-order valence-electron chi connectivity index (χ2n) is 5.44. The number of carbonyl (C=O) groups is 1. The lowest BCUT2D eigenvalue weighted by atomic mass is 10.1. The maximum absolute atomic E-state index is 11.8. The number of carbonyl (C=O) groups excluding carboxylic acids is 1. The minimum atomic E-state index is -0.717. The van der Waals surface area contributed by atoms with E-state index in [1.54, 1.807) is 42.5 Å². The van der Waals surface area contributed by atoms with E-state index in [9.17, 15) is 9.90 Å². The molecule has 4 nitrogen and oxygen atoms in total. The summed E-state index contributed by atoms with van der Waals surface area (Å²) in [5.74, 6) is 0.578. The number of unbranched alkanes of at least 4 members (excludes halogenated alkanes) is 1. The molecule has 0 spiro atoms. The number of aromatic hydroxyl groups is 1. The largest absolute Gasteiger partial charge is 0.513 e. The molecule has 0 aliphatic heterocycles. The number of phenols is 1. The summed E-state index contributed by atoms with van der Waals surface area (Å²) in [6.07, 6.45) is 6.29. The van der Waals surface area contributed by atoms with Crippen molar-refractivity contribution in [1.29, 1.82) is 0 Å². The molecule has 0 aliphatic carbocycles. The highest BCUT2D eigenvalue weighted by Gasteiger charge is 2.06. The maximum atomic E-state index is 11.8. The molecule has 0 unspecified atom stereocenters. The van der Waals surface area contributed by atoms with Crippen molar-refractivity contribution in [3.63, 3.8) is 0 Å². The van der Waals surface area contributed by atoms with Crippen LogP contribution in [0.4, 0.5) is 4.79 Å². The zero-order valence-corrected chi connectivity index (χ0v) is 14.2. The number of allylic oxidation sites excluding steroid dienone is 1. The first-order chi connectivity index (χ1) is 12.2. The van der Waals surface area contributed by atoms with Gasteiger partial charge in [-0.05, 0) is 41.8 Å². The fraction of sp³-hybridized carbons (Fsp3) is 0.190. The second kappa shape index (κ2) is 9.98. The Balaban J connectivity index is 2.12. The van der Waals surface area contributed by atoms with Crippen LogP contribution in [-0.2, 0) is 9.47 Å². The molecule has 4 heteroatoms. The van der Waals surface area contributed by atoms with Crippen molar-refractivity contribution >= 4 is 18.3 Å². The summed E-state index contributed by atoms with van der Waals surface area (Å²) in [5.41, 5.74) is 1.79. The number of hydrogen-bond acceptors (Lipinski definition) is 4. The summed E-state index contributed by atoms with van der Waals surface area (Å²) in [7, 11) is 0. The van der Waals surface area contributed by atoms with Crippen molar-refractivity contribution in [2.24, 2.45) is 0 Å². The molecule has 0 bridgehead atoms. The van der Waals surface area contributed by atoms with Gasteiger partial charge in [0.2, 0.25) is 0 Å². The molecule has 2 aromatic rings. The number of phenolic OH excluding ortho intramolecular Hbond substituents is 1. The quantitative estimate of drug-likeness (QED) is 0.318. The van der Waals surface area contributed by atoms with E-state index in [0.29, 0.717) is 12.4 Å². The molecule has 0 aromatic heterocycles. The van der Waals surface area contributed by atoms with E-state index in [2.05, 4.69) is 0 Å². The molecule has 130 valence electrons. The zero-order valence-electron chi connectivity index (χ0n) is 14.2. The van der Waals surface area contributed by atoms with Gasteiger partial charge >= 0.3 is 6.16 Å². The van der Waals surface area contributed by atoms with Crippen molar-refractivity contribution in [1.82, 2.24) is 0 Å². The van der Waals surface area contributed by atoms with Gasteiger partial charge in [-0.2, -0.15) is 0 Å². The lowest BCUT2D eigenvalue weighted by molar-refractivity contribution is 0.0792. The highest BCUT2D eigenvalue weighted by molar-refractivity contribution is 5.67. The fourth-order valence-electron chi connectivity index (χ4n) is 2.01. The molecule has 0 fully saturated rings. The third-order valence-corrected chi connectivity index (χ3v) is 3.36. The van der Waals surface area contributed by atoms with Crippen molar-refractivity contribution in [2.75, 3.05) is 6.61 Å². The molecule has 2 rings (SSSR count).